The van der Waals surface area contributed by atoms with Crippen molar-refractivity contribution in [1.29, 1.82) is 0 Å². The number of halogens is 1. The average Bonchev–Trinajstić information content (AvgIpc) is 3.26. The highest BCUT2D eigenvalue weighted by Crippen LogP contribution is 2.31. The van der Waals surface area contributed by atoms with Crippen LogP contribution in [0.5, 0.6) is 0 Å². The van der Waals surface area contributed by atoms with E-state index < -0.39 is 0 Å². The van der Waals surface area contributed by atoms with Crippen LogP contribution in [0.4, 0.5) is 0 Å². The van der Waals surface area contributed by atoms with Gasteiger partial charge in [-0.1, -0.05) is 11.6 Å². The molecule has 0 spiro atoms. The lowest BCUT2D eigenvalue weighted by molar-refractivity contribution is 0.0932. The molecule has 1 amide bonds. The fraction of sp³-hybridized carbons (Fsp3) is 0.250. The Kier molecular flexibility index (Phi) is 3.78. The van der Waals surface area contributed by atoms with Gasteiger partial charge in [0.25, 0.3) is 5.91 Å². The first kappa shape index (κ1) is 14.9. The van der Waals surface area contributed by atoms with Crippen LogP contribution in [0.3, 0.4) is 0 Å². The highest BCUT2D eigenvalue weighted by molar-refractivity contribution is 6.34. The van der Waals surface area contributed by atoms with Crippen molar-refractivity contribution in [2.75, 3.05) is 0 Å². The summed E-state index contributed by atoms with van der Waals surface area (Å²) in [4.78, 5) is 12.6. The minimum atomic E-state index is -0.206. The van der Waals surface area contributed by atoms with Crippen molar-refractivity contribution >= 4 is 17.5 Å². The standard InChI is InChI=1S/C16H14ClN5O2/c17-13-8-10(22-9-18-20-21-22)4-5-11(13)16(23)19-14-2-1-3-15-12(14)6-7-24-15/h4-9,14H,1-3H2,(H,19,23). The number of hydrogen-bond donors (Lipinski definition) is 1. The number of benzene rings is 1. The van der Waals surface area contributed by atoms with E-state index in [2.05, 4.69) is 20.8 Å². The summed E-state index contributed by atoms with van der Waals surface area (Å²) in [7, 11) is 0. The zero-order valence-corrected chi connectivity index (χ0v) is 13.4. The third-order valence-electron chi connectivity index (χ3n) is 4.17. The Labute approximate surface area is 142 Å². The molecule has 1 N–H and O–H groups in total. The van der Waals surface area contributed by atoms with Gasteiger partial charge < -0.3 is 9.73 Å². The van der Waals surface area contributed by atoms with Gasteiger partial charge in [0.05, 0.1) is 28.6 Å². The summed E-state index contributed by atoms with van der Waals surface area (Å²) < 4.78 is 6.93. The monoisotopic (exact) mass is 343 g/mol. The van der Waals surface area contributed by atoms with E-state index in [1.807, 2.05) is 6.07 Å². The number of nitrogens with zero attached hydrogens (tertiary/aromatic N) is 4. The third-order valence-corrected chi connectivity index (χ3v) is 4.48. The van der Waals surface area contributed by atoms with Gasteiger partial charge in [-0.15, -0.1) is 5.10 Å². The summed E-state index contributed by atoms with van der Waals surface area (Å²) in [5.74, 6) is 0.744. The van der Waals surface area contributed by atoms with Gasteiger partial charge in [-0.05, 0) is 47.5 Å². The maximum Gasteiger partial charge on any atom is 0.253 e. The largest absolute Gasteiger partial charge is 0.469 e. The van der Waals surface area contributed by atoms with Gasteiger partial charge in [-0.3, -0.25) is 4.79 Å². The van der Waals surface area contributed by atoms with Gasteiger partial charge in [0.2, 0.25) is 0 Å². The van der Waals surface area contributed by atoms with Gasteiger partial charge in [0, 0.05) is 12.0 Å². The molecule has 0 saturated heterocycles. The Morgan fingerprint density at radius 2 is 2.29 bits per heavy atom. The maximum atomic E-state index is 12.6. The van der Waals surface area contributed by atoms with E-state index in [0.29, 0.717) is 16.3 Å². The fourth-order valence-corrected chi connectivity index (χ4v) is 3.24. The molecule has 3 aromatic rings. The molecule has 0 bridgehead atoms. The molecule has 8 heteroatoms. The summed E-state index contributed by atoms with van der Waals surface area (Å²) in [5.41, 5.74) is 2.16. The lowest BCUT2D eigenvalue weighted by Gasteiger charge is -2.23. The van der Waals surface area contributed by atoms with E-state index in [1.54, 1.807) is 24.5 Å². The molecule has 2 aromatic heterocycles. The molecule has 7 nitrogen and oxygen atoms in total. The van der Waals surface area contributed by atoms with Crippen LogP contribution in [0.2, 0.25) is 5.02 Å². The summed E-state index contributed by atoms with van der Waals surface area (Å²) in [6.45, 7) is 0. The number of furan rings is 1. The van der Waals surface area contributed by atoms with E-state index >= 15 is 0 Å². The number of rotatable bonds is 3. The van der Waals surface area contributed by atoms with Crippen molar-refractivity contribution in [2.24, 2.45) is 0 Å². The molecular formula is C16H14ClN5O2. The summed E-state index contributed by atoms with van der Waals surface area (Å²) in [6, 6.07) is 6.96. The van der Waals surface area contributed by atoms with Crippen molar-refractivity contribution in [2.45, 2.75) is 25.3 Å². The zero-order valence-electron chi connectivity index (χ0n) is 12.6. The molecule has 1 unspecified atom stereocenters. The molecule has 0 saturated carbocycles. The SMILES string of the molecule is O=C(NC1CCCc2occc21)c1ccc(-n2cnnn2)cc1Cl. The van der Waals surface area contributed by atoms with Gasteiger partial charge in [-0.2, -0.15) is 0 Å². The van der Waals surface area contributed by atoms with Gasteiger partial charge in [-0.25, -0.2) is 4.68 Å². The summed E-state index contributed by atoms with van der Waals surface area (Å²) in [6.07, 6.45) is 5.92. The molecule has 24 heavy (non-hydrogen) atoms. The van der Waals surface area contributed by atoms with Crippen molar-refractivity contribution in [1.82, 2.24) is 25.5 Å². The number of carbonyl (C=O) groups is 1. The number of amides is 1. The summed E-state index contributed by atoms with van der Waals surface area (Å²) >= 11 is 6.28. The van der Waals surface area contributed by atoms with Crippen LogP contribution < -0.4 is 5.32 Å². The van der Waals surface area contributed by atoms with Crippen molar-refractivity contribution < 1.29 is 9.21 Å². The number of aryl methyl sites for hydroxylation is 1. The molecule has 1 aromatic carbocycles. The van der Waals surface area contributed by atoms with Gasteiger partial charge in [0.15, 0.2) is 0 Å². The second-order valence-corrected chi connectivity index (χ2v) is 6.04. The molecule has 1 aliphatic rings. The van der Waals surface area contributed by atoms with Gasteiger partial charge >= 0.3 is 0 Å². The first-order valence-corrected chi connectivity index (χ1v) is 8.00. The molecule has 0 aliphatic heterocycles. The molecule has 1 atom stereocenters. The highest BCUT2D eigenvalue weighted by Gasteiger charge is 2.25. The number of tetrazole rings is 1. The van der Waals surface area contributed by atoms with Crippen molar-refractivity contribution in [3.05, 3.63) is 58.8 Å². The van der Waals surface area contributed by atoms with Crippen LogP contribution in [0.1, 0.15) is 40.6 Å². The Hall–Kier alpha value is -2.67. The Bertz CT molecular complexity index is 874. The lowest BCUT2D eigenvalue weighted by Crippen LogP contribution is -2.30. The average molecular weight is 344 g/mol. The van der Waals surface area contributed by atoms with Crippen LogP contribution in [0.15, 0.2) is 41.3 Å². The lowest BCUT2D eigenvalue weighted by atomic mass is 9.93. The summed E-state index contributed by atoms with van der Waals surface area (Å²) in [5, 5.41) is 14.4. The van der Waals surface area contributed by atoms with Crippen molar-refractivity contribution in [3.63, 3.8) is 0 Å². The molecule has 1 aliphatic carbocycles. The normalized spacial score (nSPS) is 16.6. The zero-order chi connectivity index (χ0) is 16.5. The number of fused-ring (bicyclic) bond motifs is 1. The van der Waals surface area contributed by atoms with E-state index in [9.17, 15) is 4.79 Å². The van der Waals surface area contributed by atoms with Crippen LogP contribution in [-0.2, 0) is 6.42 Å². The predicted molar refractivity (Wildman–Crippen MR) is 86.0 cm³/mol. The van der Waals surface area contributed by atoms with E-state index in [1.165, 1.54) is 11.0 Å². The number of nitrogens with one attached hydrogen (secondary N) is 1. The van der Waals surface area contributed by atoms with Crippen LogP contribution >= 0.6 is 11.6 Å². The second kappa shape index (κ2) is 6.09. The van der Waals surface area contributed by atoms with Crippen LogP contribution in [0, 0.1) is 0 Å². The minimum absolute atomic E-state index is 0.0461. The second-order valence-electron chi connectivity index (χ2n) is 5.64. The Morgan fingerprint density at radius 1 is 1.38 bits per heavy atom. The quantitative estimate of drug-likeness (QED) is 0.790. The molecule has 4 rings (SSSR count). The first-order valence-electron chi connectivity index (χ1n) is 7.62. The molecule has 0 fully saturated rings. The number of aromatic nitrogens is 4. The molecule has 2 heterocycles. The third kappa shape index (κ3) is 2.67. The smallest absolute Gasteiger partial charge is 0.253 e. The van der Waals surface area contributed by atoms with E-state index in [0.717, 1.165) is 30.6 Å². The van der Waals surface area contributed by atoms with Crippen LogP contribution in [-0.4, -0.2) is 26.1 Å². The van der Waals surface area contributed by atoms with Crippen molar-refractivity contribution in [3.8, 4) is 5.69 Å². The molecular weight excluding hydrogens is 330 g/mol. The first-order chi connectivity index (χ1) is 11.7. The number of carbonyl (C=O) groups excluding carboxylic acids is 1. The van der Waals surface area contributed by atoms with E-state index in [4.69, 9.17) is 16.0 Å². The highest BCUT2D eigenvalue weighted by atomic mass is 35.5. The number of hydrogen-bond acceptors (Lipinski definition) is 5. The Balaban J connectivity index is 1.55. The predicted octanol–water partition coefficient (Wildman–Crippen LogP) is 2.72. The molecule has 122 valence electrons. The van der Waals surface area contributed by atoms with Crippen LogP contribution in [0.25, 0.3) is 5.69 Å². The maximum absolute atomic E-state index is 12.6. The Morgan fingerprint density at radius 3 is 3.08 bits per heavy atom. The fourth-order valence-electron chi connectivity index (χ4n) is 2.98. The molecule has 0 radical (unpaired) electrons. The van der Waals surface area contributed by atoms with E-state index in [-0.39, 0.29) is 11.9 Å². The van der Waals surface area contributed by atoms with Gasteiger partial charge in [0.1, 0.15) is 12.1 Å². The topological polar surface area (TPSA) is 85.8 Å². The minimum Gasteiger partial charge on any atom is -0.469 e.